The molecular formula is C10H18FNO2. The zero-order valence-electron chi connectivity index (χ0n) is 8.97. The van der Waals surface area contributed by atoms with Gasteiger partial charge >= 0.3 is 6.09 Å². The molecule has 0 spiro atoms. The summed E-state index contributed by atoms with van der Waals surface area (Å²) in [4.78, 5) is 11.2. The number of amides is 1. The van der Waals surface area contributed by atoms with Gasteiger partial charge in [0.1, 0.15) is 5.60 Å². The van der Waals surface area contributed by atoms with Crippen molar-refractivity contribution in [3.8, 4) is 0 Å². The van der Waals surface area contributed by atoms with Gasteiger partial charge in [-0.25, -0.2) is 4.79 Å². The molecule has 14 heavy (non-hydrogen) atoms. The Morgan fingerprint density at radius 3 is 2.57 bits per heavy atom. The molecule has 1 unspecified atom stereocenters. The van der Waals surface area contributed by atoms with Crippen LogP contribution >= 0.6 is 0 Å². The summed E-state index contributed by atoms with van der Waals surface area (Å²) in [6.45, 7) is 8.30. The molecule has 4 heteroatoms. The lowest BCUT2D eigenvalue weighted by Gasteiger charge is -2.21. The highest BCUT2D eigenvalue weighted by molar-refractivity contribution is 5.68. The fraction of sp³-hybridized carbons (Fsp3) is 0.700. The number of rotatable bonds is 4. The van der Waals surface area contributed by atoms with Crippen molar-refractivity contribution in [2.45, 2.75) is 38.8 Å². The van der Waals surface area contributed by atoms with Crippen LogP contribution in [0.1, 0.15) is 27.2 Å². The first-order chi connectivity index (χ1) is 6.39. The van der Waals surface area contributed by atoms with E-state index in [9.17, 15) is 9.18 Å². The first-order valence-electron chi connectivity index (χ1n) is 4.57. The highest BCUT2D eigenvalue weighted by atomic mass is 19.1. The summed E-state index contributed by atoms with van der Waals surface area (Å²) in [5, 5.41) is 2.50. The molecule has 0 aliphatic carbocycles. The molecule has 0 aromatic rings. The normalized spacial score (nSPS) is 13.1. The van der Waals surface area contributed by atoms with E-state index in [-0.39, 0.29) is 12.5 Å². The standard InChI is InChI=1S/C10H18FNO2/c1-5-8(6-7-11)12-9(13)14-10(2,3)4/h5,8H,1,6-7H2,2-4H3,(H,12,13). The quantitative estimate of drug-likeness (QED) is 0.712. The zero-order valence-corrected chi connectivity index (χ0v) is 8.97. The van der Waals surface area contributed by atoms with E-state index in [1.165, 1.54) is 6.08 Å². The minimum atomic E-state index is -0.546. The predicted molar refractivity (Wildman–Crippen MR) is 53.9 cm³/mol. The summed E-state index contributed by atoms with van der Waals surface area (Å²) in [6, 6.07) is -0.366. The lowest BCUT2D eigenvalue weighted by Crippen LogP contribution is -2.38. The molecule has 0 radical (unpaired) electrons. The molecule has 0 heterocycles. The molecule has 0 aromatic carbocycles. The Morgan fingerprint density at radius 2 is 2.21 bits per heavy atom. The summed E-state index contributed by atoms with van der Waals surface area (Å²) in [5.41, 5.74) is -0.536. The highest BCUT2D eigenvalue weighted by Gasteiger charge is 2.17. The van der Waals surface area contributed by atoms with Gasteiger partial charge in [-0.05, 0) is 27.2 Å². The molecular weight excluding hydrogens is 185 g/mol. The smallest absolute Gasteiger partial charge is 0.408 e. The lowest BCUT2D eigenvalue weighted by molar-refractivity contribution is 0.0511. The summed E-state index contributed by atoms with van der Waals surface area (Å²) < 4.78 is 17.0. The van der Waals surface area contributed by atoms with Gasteiger partial charge in [0.25, 0.3) is 0 Å². The van der Waals surface area contributed by atoms with Gasteiger partial charge in [0.15, 0.2) is 0 Å². The maximum atomic E-state index is 12.0. The van der Waals surface area contributed by atoms with Crippen molar-refractivity contribution in [3.63, 3.8) is 0 Å². The molecule has 3 nitrogen and oxygen atoms in total. The van der Waals surface area contributed by atoms with Gasteiger partial charge in [-0.15, -0.1) is 6.58 Å². The van der Waals surface area contributed by atoms with E-state index in [4.69, 9.17) is 4.74 Å². The Balaban J connectivity index is 3.97. The molecule has 0 aliphatic rings. The van der Waals surface area contributed by atoms with Gasteiger partial charge in [0.2, 0.25) is 0 Å². The second-order valence-corrected chi connectivity index (χ2v) is 3.97. The Hall–Kier alpha value is -1.06. The molecule has 0 aliphatic heterocycles. The molecule has 1 N–H and O–H groups in total. The molecule has 0 saturated heterocycles. The van der Waals surface area contributed by atoms with Crippen LogP contribution in [0.2, 0.25) is 0 Å². The number of ether oxygens (including phenoxy) is 1. The Labute approximate surface area is 84.3 Å². The Kier molecular flexibility index (Phi) is 5.20. The van der Waals surface area contributed by atoms with Crippen LogP contribution in [0.3, 0.4) is 0 Å². The zero-order chi connectivity index (χ0) is 11.2. The van der Waals surface area contributed by atoms with Gasteiger partial charge < -0.3 is 10.1 Å². The SMILES string of the molecule is C=CC(CCF)NC(=O)OC(C)(C)C. The molecule has 0 fully saturated rings. The summed E-state index contributed by atoms with van der Waals surface area (Å²) >= 11 is 0. The van der Waals surface area contributed by atoms with Crippen LogP contribution in [0.4, 0.5) is 9.18 Å². The third kappa shape index (κ3) is 6.46. The second kappa shape index (κ2) is 5.62. The van der Waals surface area contributed by atoms with Crippen LogP contribution in [-0.4, -0.2) is 24.4 Å². The third-order valence-corrected chi connectivity index (χ3v) is 1.41. The van der Waals surface area contributed by atoms with E-state index < -0.39 is 18.4 Å². The third-order valence-electron chi connectivity index (χ3n) is 1.41. The molecule has 1 atom stereocenters. The van der Waals surface area contributed by atoms with Crippen molar-refractivity contribution < 1.29 is 13.9 Å². The van der Waals surface area contributed by atoms with Crippen LogP contribution in [0, 0.1) is 0 Å². The molecule has 0 rings (SSSR count). The molecule has 0 bridgehead atoms. The summed E-state index contributed by atoms with van der Waals surface area (Å²) in [5.74, 6) is 0. The molecule has 82 valence electrons. The number of nitrogens with one attached hydrogen (secondary N) is 1. The van der Waals surface area contributed by atoms with Crippen molar-refractivity contribution in [1.82, 2.24) is 5.32 Å². The number of alkyl carbamates (subject to hydrolysis) is 1. The first kappa shape index (κ1) is 12.9. The number of hydrogen-bond donors (Lipinski definition) is 1. The lowest BCUT2D eigenvalue weighted by atomic mass is 10.2. The number of halogens is 1. The van der Waals surface area contributed by atoms with Crippen LogP contribution in [-0.2, 0) is 4.74 Å². The van der Waals surface area contributed by atoms with Crippen LogP contribution in [0.5, 0.6) is 0 Å². The number of hydrogen-bond acceptors (Lipinski definition) is 2. The maximum absolute atomic E-state index is 12.0. The first-order valence-corrected chi connectivity index (χ1v) is 4.57. The minimum Gasteiger partial charge on any atom is -0.444 e. The average molecular weight is 203 g/mol. The molecule has 0 saturated carbocycles. The van der Waals surface area contributed by atoms with Crippen LogP contribution in [0.25, 0.3) is 0 Å². The van der Waals surface area contributed by atoms with Gasteiger partial charge in [-0.2, -0.15) is 0 Å². The Bertz CT molecular complexity index is 199. The van der Waals surface area contributed by atoms with Crippen molar-refractivity contribution in [2.75, 3.05) is 6.67 Å². The highest BCUT2D eigenvalue weighted by Crippen LogP contribution is 2.07. The number of carbonyl (C=O) groups is 1. The van der Waals surface area contributed by atoms with Gasteiger partial charge in [-0.3, -0.25) is 4.39 Å². The fourth-order valence-corrected chi connectivity index (χ4v) is 0.825. The van der Waals surface area contributed by atoms with E-state index in [1.807, 2.05) is 0 Å². The van der Waals surface area contributed by atoms with E-state index in [2.05, 4.69) is 11.9 Å². The maximum Gasteiger partial charge on any atom is 0.408 e. The Morgan fingerprint density at radius 1 is 1.64 bits per heavy atom. The van der Waals surface area contributed by atoms with Crippen LogP contribution in [0.15, 0.2) is 12.7 Å². The monoisotopic (exact) mass is 203 g/mol. The van der Waals surface area contributed by atoms with Crippen molar-refractivity contribution in [1.29, 1.82) is 0 Å². The second-order valence-electron chi connectivity index (χ2n) is 3.97. The van der Waals surface area contributed by atoms with E-state index in [1.54, 1.807) is 20.8 Å². The molecule has 0 aromatic heterocycles. The van der Waals surface area contributed by atoms with E-state index in [0.29, 0.717) is 0 Å². The van der Waals surface area contributed by atoms with Crippen molar-refractivity contribution in [3.05, 3.63) is 12.7 Å². The van der Waals surface area contributed by atoms with E-state index in [0.717, 1.165) is 0 Å². The van der Waals surface area contributed by atoms with E-state index >= 15 is 0 Å². The largest absolute Gasteiger partial charge is 0.444 e. The summed E-state index contributed by atoms with van der Waals surface area (Å²) in [7, 11) is 0. The fourth-order valence-electron chi connectivity index (χ4n) is 0.825. The van der Waals surface area contributed by atoms with Gasteiger partial charge in [-0.1, -0.05) is 6.08 Å². The minimum absolute atomic E-state index is 0.225. The van der Waals surface area contributed by atoms with Crippen LogP contribution < -0.4 is 5.32 Å². The van der Waals surface area contributed by atoms with Gasteiger partial charge in [0.05, 0.1) is 12.7 Å². The number of alkyl halides is 1. The topological polar surface area (TPSA) is 38.3 Å². The number of carbonyl (C=O) groups excluding carboxylic acids is 1. The van der Waals surface area contributed by atoms with Gasteiger partial charge in [0, 0.05) is 0 Å². The van der Waals surface area contributed by atoms with Crippen molar-refractivity contribution >= 4 is 6.09 Å². The van der Waals surface area contributed by atoms with Crippen molar-refractivity contribution in [2.24, 2.45) is 0 Å². The average Bonchev–Trinajstić information content (AvgIpc) is 2.00. The summed E-state index contributed by atoms with van der Waals surface area (Å²) in [6.07, 6.45) is 1.17. The predicted octanol–water partition coefficient (Wildman–Crippen LogP) is 2.43. The molecule has 1 amide bonds.